The molecule has 0 amide bonds. The van der Waals surface area contributed by atoms with Crippen LogP contribution in [0.1, 0.15) is 41.0 Å². The molecule has 122 valence electrons. The lowest BCUT2D eigenvalue weighted by Crippen LogP contribution is -2.35. The van der Waals surface area contributed by atoms with Gasteiger partial charge in [-0.05, 0) is 42.5 Å². The van der Waals surface area contributed by atoms with Gasteiger partial charge in [-0.2, -0.15) is 13.2 Å². The highest BCUT2D eigenvalue weighted by Gasteiger charge is 2.41. The normalized spacial score (nSPS) is 27.0. The van der Waals surface area contributed by atoms with Crippen LogP contribution < -0.4 is 5.32 Å². The molecule has 2 aliphatic rings. The van der Waals surface area contributed by atoms with Crippen LogP contribution in [0.4, 0.5) is 18.9 Å². The second-order valence-corrected chi connectivity index (χ2v) is 7.01. The molecule has 2 nitrogen and oxygen atoms in total. The Hall–Kier alpha value is -1.53. The molecule has 0 spiro atoms. The number of ether oxygens (including phenoxy) is 1. The van der Waals surface area contributed by atoms with Gasteiger partial charge in [0, 0.05) is 28.7 Å². The van der Waals surface area contributed by atoms with E-state index in [2.05, 4.69) is 11.4 Å². The van der Waals surface area contributed by atoms with E-state index >= 15 is 0 Å². The van der Waals surface area contributed by atoms with Gasteiger partial charge in [-0.3, -0.25) is 0 Å². The van der Waals surface area contributed by atoms with E-state index in [9.17, 15) is 13.2 Å². The zero-order chi connectivity index (χ0) is 16.0. The lowest BCUT2D eigenvalue weighted by molar-refractivity contribution is -0.137. The van der Waals surface area contributed by atoms with Gasteiger partial charge >= 0.3 is 6.18 Å². The van der Waals surface area contributed by atoms with Crippen molar-refractivity contribution in [1.82, 2.24) is 0 Å². The third-order valence-electron chi connectivity index (χ3n) is 4.64. The molecule has 1 aromatic heterocycles. The summed E-state index contributed by atoms with van der Waals surface area (Å²) in [5.74, 6) is 0.165. The van der Waals surface area contributed by atoms with Crippen LogP contribution >= 0.6 is 11.3 Å². The van der Waals surface area contributed by atoms with Crippen LogP contribution in [-0.4, -0.2) is 6.61 Å². The molecule has 2 aliphatic heterocycles. The molecule has 0 bridgehead atoms. The predicted molar refractivity (Wildman–Crippen MR) is 83.5 cm³/mol. The highest BCUT2D eigenvalue weighted by Crippen LogP contribution is 2.50. The standard InChI is InChI=1S/C17H16F3NOS/c18-17(19,20)10-5-6-13-12(9-10)16-11(3-1-7-22-16)15(21-13)14-4-2-8-23-14/h2,4-6,8-9,11,15-16,21H,1,3,7H2/t11-,15+,16-/m0/s1. The average molecular weight is 339 g/mol. The minimum atomic E-state index is -4.33. The van der Waals surface area contributed by atoms with Crippen LogP contribution in [0, 0.1) is 5.92 Å². The van der Waals surface area contributed by atoms with Crippen molar-refractivity contribution >= 4 is 17.0 Å². The van der Waals surface area contributed by atoms with Gasteiger partial charge in [0.1, 0.15) is 0 Å². The Morgan fingerprint density at radius 1 is 1.22 bits per heavy atom. The fourth-order valence-electron chi connectivity index (χ4n) is 3.60. The molecule has 1 saturated heterocycles. The number of thiophene rings is 1. The lowest BCUT2D eigenvalue weighted by atomic mass is 9.79. The van der Waals surface area contributed by atoms with Gasteiger partial charge < -0.3 is 10.1 Å². The molecule has 0 unspecified atom stereocenters. The number of halogens is 3. The molecular weight excluding hydrogens is 323 g/mol. The summed E-state index contributed by atoms with van der Waals surface area (Å²) in [5, 5.41) is 5.47. The number of nitrogens with one attached hydrogen (secondary N) is 1. The minimum Gasteiger partial charge on any atom is -0.377 e. The quantitative estimate of drug-likeness (QED) is 0.751. The third kappa shape index (κ3) is 2.64. The first-order valence-electron chi connectivity index (χ1n) is 7.67. The Labute approximate surface area is 136 Å². The van der Waals surface area contributed by atoms with Crippen LogP contribution in [0.3, 0.4) is 0 Å². The van der Waals surface area contributed by atoms with Crippen molar-refractivity contribution < 1.29 is 17.9 Å². The van der Waals surface area contributed by atoms with E-state index in [1.54, 1.807) is 11.3 Å². The van der Waals surface area contributed by atoms with E-state index in [0.717, 1.165) is 24.6 Å². The van der Waals surface area contributed by atoms with Crippen molar-refractivity contribution in [2.24, 2.45) is 5.92 Å². The van der Waals surface area contributed by atoms with Gasteiger partial charge in [0.15, 0.2) is 0 Å². The molecule has 3 heterocycles. The zero-order valence-corrected chi connectivity index (χ0v) is 13.1. The molecule has 6 heteroatoms. The smallest absolute Gasteiger partial charge is 0.377 e. The predicted octanol–water partition coefficient (Wildman–Crippen LogP) is 5.40. The zero-order valence-electron chi connectivity index (χ0n) is 12.3. The second kappa shape index (κ2) is 5.53. The lowest BCUT2D eigenvalue weighted by Gasteiger charge is -2.43. The highest BCUT2D eigenvalue weighted by molar-refractivity contribution is 7.10. The molecule has 3 atom stereocenters. The van der Waals surface area contributed by atoms with Crippen LogP contribution in [0.25, 0.3) is 0 Å². The van der Waals surface area contributed by atoms with E-state index in [1.807, 2.05) is 11.4 Å². The molecule has 4 rings (SSSR count). The van der Waals surface area contributed by atoms with Crippen LogP contribution in [0.5, 0.6) is 0 Å². The Morgan fingerprint density at radius 3 is 2.83 bits per heavy atom. The first kappa shape index (κ1) is 15.0. The summed E-state index contributed by atoms with van der Waals surface area (Å²) in [6.45, 7) is 0.605. The van der Waals surface area contributed by atoms with E-state index in [0.29, 0.717) is 12.2 Å². The summed E-state index contributed by atoms with van der Waals surface area (Å²) in [4.78, 5) is 1.20. The molecular formula is C17H16F3NOS. The Morgan fingerprint density at radius 2 is 2.09 bits per heavy atom. The Bertz CT molecular complexity index is 698. The van der Waals surface area contributed by atoms with Crippen LogP contribution in [-0.2, 0) is 10.9 Å². The first-order chi connectivity index (χ1) is 11.0. The maximum atomic E-state index is 13.0. The number of benzene rings is 1. The highest BCUT2D eigenvalue weighted by atomic mass is 32.1. The second-order valence-electron chi connectivity index (χ2n) is 6.03. The molecule has 0 aliphatic carbocycles. The Kier molecular flexibility index (Phi) is 3.61. The minimum absolute atomic E-state index is 0.101. The van der Waals surface area contributed by atoms with Crippen LogP contribution in [0.15, 0.2) is 35.7 Å². The van der Waals surface area contributed by atoms with E-state index < -0.39 is 11.7 Å². The van der Waals surface area contributed by atoms with Gasteiger partial charge in [0.05, 0.1) is 17.7 Å². The van der Waals surface area contributed by atoms with E-state index in [1.165, 1.54) is 17.0 Å². The first-order valence-corrected chi connectivity index (χ1v) is 8.55. The molecule has 0 radical (unpaired) electrons. The van der Waals surface area contributed by atoms with Crippen molar-refractivity contribution in [1.29, 1.82) is 0 Å². The van der Waals surface area contributed by atoms with E-state index in [-0.39, 0.29) is 18.1 Å². The van der Waals surface area contributed by atoms with Crippen LogP contribution in [0.2, 0.25) is 0 Å². The number of hydrogen-bond acceptors (Lipinski definition) is 3. The fourth-order valence-corrected chi connectivity index (χ4v) is 4.45. The molecule has 2 aromatic rings. The van der Waals surface area contributed by atoms with Crippen molar-refractivity contribution in [3.05, 3.63) is 51.7 Å². The number of hydrogen-bond donors (Lipinski definition) is 1. The average Bonchev–Trinajstić information content (AvgIpc) is 3.07. The molecule has 1 aromatic carbocycles. The summed E-state index contributed by atoms with van der Waals surface area (Å²) in [7, 11) is 0. The van der Waals surface area contributed by atoms with Gasteiger partial charge in [-0.15, -0.1) is 11.3 Å². The topological polar surface area (TPSA) is 21.3 Å². The SMILES string of the molecule is FC(F)(F)c1ccc2c(c1)[C@H]1OCCC[C@H]1[C@H](c1cccs1)N2. The fraction of sp³-hybridized carbons (Fsp3) is 0.412. The summed E-state index contributed by atoms with van der Waals surface area (Å²) in [6, 6.07) is 8.10. The van der Waals surface area contributed by atoms with Crippen molar-refractivity contribution in [2.45, 2.75) is 31.2 Å². The van der Waals surface area contributed by atoms with Gasteiger partial charge in [-0.1, -0.05) is 6.07 Å². The van der Waals surface area contributed by atoms with Gasteiger partial charge in [0.2, 0.25) is 0 Å². The monoisotopic (exact) mass is 339 g/mol. The number of alkyl halides is 3. The maximum Gasteiger partial charge on any atom is 0.416 e. The van der Waals surface area contributed by atoms with Crippen molar-refractivity contribution in [3.8, 4) is 0 Å². The molecule has 23 heavy (non-hydrogen) atoms. The molecule has 1 N–H and O–H groups in total. The Balaban J connectivity index is 1.78. The summed E-state index contributed by atoms with van der Waals surface area (Å²) in [5.41, 5.74) is 0.775. The number of anilines is 1. The number of fused-ring (bicyclic) bond motifs is 3. The van der Waals surface area contributed by atoms with Crippen molar-refractivity contribution in [3.63, 3.8) is 0 Å². The van der Waals surface area contributed by atoms with Crippen molar-refractivity contribution in [2.75, 3.05) is 11.9 Å². The van der Waals surface area contributed by atoms with E-state index in [4.69, 9.17) is 4.74 Å². The largest absolute Gasteiger partial charge is 0.416 e. The maximum absolute atomic E-state index is 13.0. The van der Waals surface area contributed by atoms with Gasteiger partial charge in [0.25, 0.3) is 0 Å². The summed E-state index contributed by atoms with van der Waals surface area (Å²) in [6.07, 6.45) is -2.70. The van der Waals surface area contributed by atoms with Gasteiger partial charge in [-0.25, -0.2) is 0 Å². The summed E-state index contributed by atoms with van der Waals surface area (Å²) < 4.78 is 45.0. The summed E-state index contributed by atoms with van der Waals surface area (Å²) >= 11 is 1.67. The molecule has 0 saturated carbocycles. The molecule has 1 fully saturated rings. The number of rotatable bonds is 1. The third-order valence-corrected chi connectivity index (χ3v) is 5.60.